The number of methoxy groups -OCH3 is 1. The molecule has 19 heavy (non-hydrogen) atoms. The van der Waals surface area contributed by atoms with Crippen molar-refractivity contribution in [3.05, 3.63) is 58.1 Å². The Morgan fingerprint density at radius 3 is 2.37 bits per heavy atom. The second-order valence-corrected chi connectivity index (χ2v) is 4.60. The van der Waals surface area contributed by atoms with Crippen molar-refractivity contribution in [1.29, 1.82) is 0 Å². The molecule has 2 aromatic rings. The molecule has 0 atom stereocenters. The van der Waals surface area contributed by atoms with Crippen LogP contribution in [0.25, 0.3) is 0 Å². The van der Waals surface area contributed by atoms with Crippen molar-refractivity contribution >= 4 is 34.8 Å². The van der Waals surface area contributed by atoms with Crippen molar-refractivity contribution in [3.8, 4) is 5.75 Å². The molecule has 0 heterocycles. The van der Waals surface area contributed by atoms with Gasteiger partial charge in [-0.05, 0) is 30.3 Å². The number of carbonyl (C=O) groups is 1. The number of carbonyl (C=O) groups excluding carboxylic acids is 1. The van der Waals surface area contributed by atoms with Crippen LogP contribution in [0, 0.1) is 0 Å². The highest BCUT2D eigenvalue weighted by Crippen LogP contribution is 2.30. The molecule has 1 amide bonds. The van der Waals surface area contributed by atoms with Gasteiger partial charge in [-0.2, -0.15) is 0 Å². The Morgan fingerprint density at radius 2 is 1.74 bits per heavy atom. The molecule has 98 valence electrons. The van der Waals surface area contributed by atoms with Crippen molar-refractivity contribution in [3.63, 3.8) is 0 Å². The van der Waals surface area contributed by atoms with Crippen LogP contribution in [0.5, 0.6) is 5.75 Å². The summed E-state index contributed by atoms with van der Waals surface area (Å²) in [5.74, 6) is 0.312. The molecule has 0 unspecified atom stereocenters. The first kappa shape index (κ1) is 13.7. The van der Waals surface area contributed by atoms with Gasteiger partial charge in [0.2, 0.25) is 0 Å². The van der Waals surface area contributed by atoms with Crippen LogP contribution in [-0.2, 0) is 0 Å². The van der Waals surface area contributed by atoms with Crippen LogP contribution < -0.4 is 10.1 Å². The maximum atomic E-state index is 12.1. The molecule has 1 N–H and O–H groups in total. The summed E-state index contributed by atoms with van der Waals surface area (Å²) in [6, 6.07) is 11.9. The molecule has 0 aliphatic heterocycles. The first-order valence-corrected chi connectivity index (χ1v) is 6.27. The fraction of sp³-hybridized carbons (Fsp3) is 0.0714. The van der Waals surface area contributed by atoms with Crippen LogP contribution in [0.2, 0.25) is 10.0 Å². The van der Waals surface area contributed by atoms with E-state index in [-0.39, 0.29) is 5.91 Å². The lowest BCUT2D eigenvalue weighted by molar-refractivity contribution is 0.102. The fourth-order valence-corrected chi connectivity index (χ4v) is 2.06. The normalized spacial score (nSPS) is 10.1. The lowest BCUT2D eigenvalue weighted by Gasteiger charge is -2.09. The molecular formula is C14H11Cl2NO2. The minimum absolute atomic E-state index is 0.297. The Labute approximate surface area is 121 Å². The molecule has 5 heteroatoms. The number of para-hydroxylation sites is 1. The summed E-state index contributed by atoms with van der Waals surface area (Å²) in [5, 5.41) is 3.47. The number of amides is 1. The first-order chi connectivity index (χ1) is 9.11. The van der Waals surface area contributed by atoms with Crippen LogP contribution >= 0.6 is 23.2 Å². The van der Waals surface area contributed by atoms with Crippen LogP contribution in [0.1, 0.15) is 10.4 Å². The van der Waals surface area contributed by atoms with Gasteiger partial charge in [-0.15, -0.1) is 0 Å². The van der Waals surface area contributed by atoms with Crippen molar-refractivity contribution in [2.24, 2.45) is 0 Å². The minimum Gasteiger partial charge on any atom is -0.497 e. The number of halogens is 2. The molecule has 0 saturated carbocycles. The van der Waals surface area contributed by atoms with E-state index in [4.69, 9.17) is 27.9 Å². The number of nitrogens with one attached hydrogen (secondary N) is 1. The first-order valence-electron chi connectivity index (χ1n) is 5.51. The van der Waals surface area contributed by atoms with E-state index in [1.54, 1.807) is 49.6 Å². The van der Waals surface area contributed by atoms with E-state index in [1.807, 2.05) is 0 Å². The molecule has 0 aliphatic carbocycles. The fourth-order valence-electron chi connectivity index (χ4n) is 1.57. The predicted molar refractivity (Wildman–Crippen MR) is 77.4 cm³/mol. The second-order valence-electron chi connectivity index (χ2n) is 3.78. The molecule has 0 bridgehead atoms. The monoisotopic (exact) mass is 295 g/mol. The Balaban J connectivity index is 2.25. The summed E-state index contributed by atoms with van der Waals surface area (Å²) in [6.45, 7) is 0. The summed E-state index contributed by atoms with van der Waals surface area (Å²) in [4.78, 5) is 12.1. The molecule has 3 nitrogen and oxygen atoms in total. The van der Waals surface area contributed by atoms with Crippen molar-refractivity contribution in [2.45, 2.75) is 0 Å². The smallest absolute Gasteiger partial charge is 0.255 e. The van der Waals surface area contributed by atoms with Gasteiger partial charge in [0.15, 0.2) is 0 Å². The van der Waals surface area contributed by atoms with E-state index in [9.17, 15) is 4.79 Å². The summed E-state index contributed by atoms with van der Waals surface area (Å²) in [6.07, 6.45) is 0. The summed E-state index contributed by atoms with van der Waals surface area (Å²) >= 11 is 12.0. The number of rotatable bonds is 3. The van der Waals surface area contributed by atoms with Crippen LogP contribution in [0.3, 0.4) is 0 Å². The third-order valence-electron chi connectivity index (χ3n) is 2.53. The number of ether oxygens (including phenoxy) is 1. The maximum absolute atomic E-state index is 12.1. The number of anilines is 1. The third-order valence-corrected chi connectivity index (χ3v) is 3.16. The van der Waals surface area contributed by atoms with E-state index in [1.165, 1.54) is 0 Å². The van der Waals surface area contributed by atoms with Crippen molar-refractivity contribution in [1.82, 2.24) is 0 Å². The SMILES string of the molecule is COc1cccc(C(=O)Nc2c(Cl)cccc2Cl)c1. The van der Waals surface area contributed by atoms with E-state index in [0.29, 0.717) is 27.0 Å². The highest BCUT2D eigenvalue weighted by atomic mass is 35.5. The lowest BCUT2D eigenvalue weighted by Crippen LogP contribution is -2.12. The van der Waals surface area contributed by atoms with E-state index in [0.717, 1.165) is 0 Å². The van der Waals surface area contributed by atoms with Crippen molar-refractivity contribution in [2.75, 3.05) is 12.4 Å². The Bertz CT molecular complexity index is 594. The lowest BCUT2D eigenvalue weighted by atomic mass is 10.2. The Hall–Kier alpha value is -1.71. The molecule has 2 aromatic carbocycles. The van der Waals surface area contributed by atoms with Crippen molar-refractivity contribution < 1.29 is 9.53 Å². The summed E-state index contributed by atoms with van der Waals surface area (Å²) in [7, 11) is 1.54. The minimum atomic E-state index is -0.297. The van der Waals surface area contributed by atoms with Gasteiger partial charge < -0.3 is 10.1 Å². The quantitative estimate of drug-likeness (QED) is 0.919. The molecule has 0 spiro atoms. The molecule has 0 aromatic heterocycles. The van der Waals surface area contributed by atoms with Gasteiger partial charge in [0.1, 0.15) is 5.75 Å². The van der Waals surface area contributed by atoms with Crippen LogP contribution in [-0.4, -0.2) is 13.0 Å². The maximum Gasteiger partial charge on any atom is 0.255 e. The Morgan fingerprint density at radius 1 is 1.11 bits per heavy atom. The average Bonchev–Trinajstić information content (AvgIpc) is 2.43. The molecule has 0 saturated heterocycles. The molecular weight excluding hydrogens is 285 g/mol. The highest BCUT2D eigenvalue weighted by Gasteiger charge is 2.11. The number of hydrogen-bond acceptors (Lipinski definition) is 2. The molecule has 2 rings (SSSR count). The molecule has 0 radical (unpaired) electrons. The largest absolute Gasteiger partial charge is 0.497 e. The standard InChI is InChI=1S/C14H11Cl2NO2/c1-19-10-5-2-4-9(8-10)14(18)17-13-11(15)6-3-7-12(13)16/h2-8H,1H3,(H,17,18). The molecule has 0 aliphatic rings. The van der Waals surface area contributed by atoms with E-state index >= 15 is 0 Å². The third kappa shape index (κ3) is 3.19. The van der Waals surface area contributed by atoms with Gasteiger partial charge >= 0.3 is 0 Å². The van der Waals surface area contributed by atoms with Gasteiger partial charge in [-0.3, -0.25) is 4.79 Å². The van der Waals surface area contributed by atoms with E-state index in [2.05, 4.69) is 5.32 Å². The Kier molecular flexibility index (Phi) is 4.30. The summed E-state index contributed by atoms with van der Waals surface area (Å²) < 4.78 is 5.07. The van der Waals surface area contributed by atoms with Gasteiger partial charge in [0, 0.05) is 5.56 Å². The van der Waals surface area contributed by atoms with Gasteiger partial charge in [-0.1, -0.05) is 35.3 Å². The predicted octanol–water partition coefficient (Wildman–Crippen LogP) is 4.25. The van der Waals surface area contributed by atoms with Crippen LogP contribution in [0.4, 0.5) is 5.69 Å². The molecule has 0 fully saturated rings. The van der Waals surface area contributed by atoms with Crippen LogP contribution in [0.15, 0.2) is 42.5 Å². The zero-order chi connectivity index (χ0) is 13.8. The van der Waals surface area contributed by atoms with Gasteiger partial charge in [-0.25, -0.2) is 0 Å². The zero-order valence-corrected chi connectivity index (χ0v) is 11.6. The zero-order valence-electron chi connectivity index (χ0n) is 10.1. The number of hydrogen-bond donors (Lipinski definition) is 1. The number of benzene rings is 2. The average molecular weight is 296 g/mol. The summed E-state index contributed by atoms with van der Waals surface area (Å²) in [5.41, 5.74) is 0.869. The topological polar surface area (TPSA) is 38.3 Å². The second kappa shape index (κ2) is 5.95. The van der Waals surface area contributed by atoms with Gasteiger partial charge in [0.05, 0.1) is 22.8 Å². The highest BCUT2D eigenvalue weighted by molar-refractivity contribution is 6.40. The van der Waals surface area contributed by atoms with Gasteiger partial charge in [0.25, 0.3) is 5.91 Å². The van der Waals surface area contributed by atoms with E-state index < -0.39 is 0 Å².